The smallest absolute Gasteiger partial charge is 0.248 e. The second-order valence-electron chi connectivity index (χ2n) is 5.15. The molecule has 0 radical (unpaired) electrons. The van der Waals surface area contributed by atoms with E-state index in [-0.39, 0.29) is 12.3 Å². The van der Waals surface area contributed by atoms with E-state index in [2.05, 4.69) is 5.32 Å². The highest BCUT2D eigenvalue weighted by Crippen LogP contribution is 2.14. The van der Waals surface area contributed by atoms with E-state index in [1.54, 1.807) is 13.8 Å². The van der Waals surface area contributed by atoms with E-state index in [1.165, 1.54) is 6.92 Å². The average molecular weight is 271 g/mol. The lowest BCUT2D eigenvalue weighted by Gasteiger charge is -2.28. The molecule has 1 amide bonds. The van der Waals surface area contributed by atoms with Crippen molar-refractivity contribution in [3.8, 4) is 0 Å². The maximum atomic E-state index is 12.1. The molecule has 19 heavy (non-hydrogen) atoms. The van der Waals surface area contributed by atoms with E-state index < -0.39 is 23.3 Å². The van der Waals surface area contributed by atoms with Crippen LogP contribution in [0.15, 0.2) is 0 Å². The van der Waals surface area contributed by atoms with Gasteiger partial charge in [-0.2, -0.15) is 0 Å². The molecule has 0 rings (SSSR count). The third-order valence-corrected chi connectivity index (χ3v) is 3.22. The second-order valence-corrected chi connectivity index (χ2v) is 5.15. The maximum absolute atomic E-state index is 12.1. The van der Waals surface area contributed by atoms with Gasteiger partial charge >= 0.3 is 0 Å². The molecule has 0 aromatic carbocycles. The lowest BCUT2D eigenvalue weighted by molar-refractivity contribution is -0.137. The van der Waals surface area contributed by atoms with Crippen LogP contribution in [0.2, 0.25) is 0 Å². The second kappa shape index (κ2) is 8.01. The number of ketones is 1. The highest BCUT2D eigenvalue weighted by molar-refractivity contribution is 6.09. The van der Waals surface area contributed by atoms with Crippen LogP contribution in [0.5, 0.6) is 0 Å². The molecule has 5 N–H and O–H groups in total. The minimum Gasteiger partial charge on any atom is -0.344 e. The van der Waals surface area contributed by atoms with E-state index in [4.69, 9.17) is 11.5 Å². The summed E-state index contributed by atoms with van der Waals surface area (Å²) in [5.41, 5.74) is 9.71. The quantitative estimate of drug-likeness (QED) is 0.303. The highest BCUT2D eigenvalue weighted by atomic mass is 16.2. The van der Waals surface area contributed by atoms with Crippen LogP contribution in [-0.4, -0.2) is 36.1 Å². The van der Waals surface area contributed by atoms with Crippen LogP contribution in [0.3, 0.4) is 0 Å². The predicted molar refractivity (Wildman–Crippen MR) is 73.3 cm³/mol. The van der Waals surface area contributed by atoms with Gasteiger partial charge in [-0.05, 0) is 38.6 Å². The van der Waals surface area contributed by atoms with Crippen molar-refractivity contribution in [3.05, 3.63) is 0 Å². The van der Waals surface area contributed by atoms with Crippen LogP contribution < -0.4 is 16.8 Å². The van der Waals surface area contributed by atoms with Gasteiger partial charge in [0, 0.05) is 0 Å². The number of unbranched alkanes of at least 4 members (excludes halogenated alkanes) is 1. The molecule has 0 aliphatic heterocycles. The minimum absolute atomic E-state index is 0.0540. The fraction of sp³-hybridized carbons (Fsp3) is 0.769. The lowest BCUT2D eigenvalue weighted by Crippen LogP contribution is -2.61. The Labute approximate surface area is 114 Å². The number of amides is 1. The molecule has 110 valence electrons. The van der Waals surface area contributed by atoms with Crippen LogP contribution in [0, 0.1) is 5.92 Å². The fourth-order valence-electron chi connectivity index (χ4n) is 1.64. The Bertz CT molecular complexity index is 331. The molecule has 0 saturated carbocycles. The van der Waals surface area contributed by atoms with Crippen molar-refractivity contribution < 1.29 is 14.4 Å². The molecule has 0 aliphatic rings. The first-order chi connectivity index (χ1) is 8.79. The molecule has 0 aromatic rings. The number of hydrogen-bond acceptors (Lipinski definition) is 5. The van der Waals surface area contributed by atoms with E-state index in [9.17, 15) is 14.4 Å². The number of aldehydes is 1. The molecule has 0 aromatic heterocycles. The molecule has 6 nitrogen and oxygen atoms in total. The first-order valence-corrected chi connectivity index (χ1v) is 6.55. The van der Waals surface area contributed by atoms with Crippen LogP contribution in [0.1, 0.15) is 40.0 Å². The molecule has 0 heterocycles. The van der Waals surface area contributed by atoms with Gasteiger partial charge in [-0.3, -0.25) is 9.59 Å². The Morgan fingerprint density at radius 3 is 2.26 bits per heavy atom. The van der Waals surface area contributed by atoms with Crippen molar-refractivity contribution in [2.24, 2.45) is 17.4 Å². The van der Waals surface area contributed by atoms with Crippen LogP contribution in [0.4, 0.5) is 0 Å². The van der Waals surface area contributed by atoms with Crippen LogP contribution in [0.25, 0.3) is 0 Å². The largest absolute Gasteiger partial charge is 0.344 e. The zero-order valence-electron chi connectivity index (χ0n) is 11.9. The number of carbonyl (C=O) groups is 3. The summed E-state index contributed by atoms with van der Waals surface area (Å²) in [6, 6.07) is -0.635. The van der Waals surface area contributed by atoms with Gasteiger partial charge in [-0.15, -0.1) is 0 Å². The average Bonchev–Trinajstić information content (AvgIpc) is 2.34. The minimum atomic E-state index is -1.58. The van der Waals surface area contributed by atoms with E-state index in [0.29, 0.717) is 25.7 Å². The molecule has 6 heteroatoms. The molecule has 0 aliphatic carbocycles. The first kappa shape index (κ1) is 17.7. The van der Waals surface area contributed by atoms with Crippen LogP contribution >= 0.6 is 0 Å². The standard InChI is InChI=1S/C13H25N3O3/c1-9(2)11(8-17)16-12(19)13(15,10(3)18)6-4-5-7-14/h8-9,11H,4-7,14-15H2,1-3H3,(H,16,19)/t11-,13-/m1/s1. The molecule has 0 spiro atoms. The first-order valence-electron chi connectivity index (χ1n) is 6.55. The number of nitrogens with one attached hydrogen (secondary N) is 1. The number of carbonyl (C=O) groups excluding carboxylic acids is 3. The molecule has 0 unspecified atom stereocenters. The number of hydrogen-bond donors (Lipinski definition) is 3. The summed E-state index contributed by atoms with van der Waals surface area (Å²) < 4.78 is 0. The summed E-state index contributed by atoms with van der Waals surface area (Å²) in [6.07, 6.45) is 2.17. The van der Waals surface area contributed by atoms with Crippen molar-refractivity contribution in [2.45, 2.75) is 51.6 Å². The Kier molecular flexibility index (Phi) is 7.48. The summed E-state index contributed by atoms with van der Waals surface area (Å²) in [5.74, 6) is -1.06. The monoisotopic (exact) mass is 271 g/mol. The Morgan fingerprint density at radius 2 is 1.89 bits per heavy atom. The summed E-state index contributed by atoms with van der Waals surface area (Å²) in [5, 5.41) is 2.53. The lowest BCUT2D eigenvalue weighted by atomic mass is 9.88. The number of nitrogens with two attached hydrogens (primary N) is 2. The molecule has 2 atom stereocenters. The SMILES string of the molecule is CC(=O)[C@](N)(CCCCN)C(=O)N[C@H](C=O)C(C)C. The van der Waals surface area contributed by atoms with Gasteiger partial charge in [0.1, 0.15) is 6.29 Å². The van der Waals surface area contributed by atoms with E-state index >= 15 is 0 Å². The van der Waals surface area contributed by atoms with Gasteiger partial charge in [-0.25, -0.2) is 0 Å². The van der Waals surface area contributed by atoms with Crippen molar-refractivity contribution >= 4 is 18.0 Å². The summed E-state index contributed by atoms with van der Waals surface area (Å²) in [6.45, 7) is 5.38. The van der Waals surface area contributed by atoms with Gasteiger partial charge in [-0.1, -0.05) is 13.8 Å². The van der Waals surface area contributed by atoms with Gasteiger partial charge in [0.2, 0.25) is 5.91 Å². The van der Waals surface area contributed by atoms with Gasteiger partial charge in [0.05, 0.1) is 6.04 Å². The normalized spacial score (nSPS) is 15.7. The predicted octanol–water partition coefficient (Wildman–Crippen LogP) is -0.258. The Hall–Kier alpha value is -1.27. The molecule has 0 saturated heterocycles. The fourth-order valence-corrected chi connectivity index (χ4v) is 1.64. The molecular formula is C13H25N3O3. The Morgan fingerprint density at radius 1 is 1.32 bits per heavy atom. The van der Waals surface area contributed by atoms with Gasteiger partial charge in [0.25, 0.3) is 0 Å². The summed E-state index contributed by atoms with van der Waals surface area (Å²) in [7, 11) is 0. The number of rotatable bonds is 9. The maximum Gasteiger partial charge on any atom is 0.248 e. The molecule has 0 bridgehead atoms. The van der Waals surface area contributed by atoms with Crippen LogP contribution in [-0.2, 0) is 14.4 Å². The van der Waals surface area contributed by atoms with Gasteiger partial charge < -0.3 is 21.6 Å². The number of Topliss-reactive ketones (excluding diaryl/α,β-unsaturated/α-hetero) is 1. The van der Waals surface area contributed by atoms with Crippen molar-refractivity contribution in [1.29, 1.82) is 0 Å². The van der Waals surface area contributed by atoms with Crippen molar-refractivity contribution in [1.82, 2.24) is 5.32 Å². The zero-order chi connectivity index (χ0) is 15.1. The molecule has 0 fully saturated rings. The topological polar surface area (TPSA) is 115 Å². The zero-order valence-corrected chi connectivity index (χ0v) is 11.9. The highest BCUT2D eigenvalue weighted by Gasteiger charge is 2.39. The summed E-state index contributed by atoms with van der Waals surface area (Å²) >= 11 is 0. The Balaban J connectivity index is 4.82. The molecular weight excluding hydrogens is 246 g/mol. The summed E-state index contributed by atoms with van der Waals surface area (Å²) in [4.78, 5) is 34.6. The van der Waals surface area contributed by atoms with E-state index in [1.807, 2.05) is 0 Å². The third kappa shape index (κ3) is 5.08. The third-order valence-electron chi connectivity index (χ3n) is 3.22. The van der Waals surface area contributed by atoms with E-state index in [0.717, 1.165) is 0 Å². The van der Waals surface area contributed by atoms with Gasteiger partial charge in [0.15, 0.2) is 11.3 Å². The van der Waals surface area contributed by atoms with Crippen molar-refractivity contribution in [2.75, 3.05) is 6.54 Å². The van der Waals surface area contributed by atoms with Crippen molar-refractivity contribution in [3.63, 3.8) is 0 Å².